The third-order valence-electron chi connectivity index (χ3n) is 2.17. The van der Waals surface area contributed by atoms with Gasteiger partial charge in [0.15, 0.2) is 0 Å². The summed E-state index contributed by atoms with van der Waals surface area (Å²) in [5.74, 6) is 0. The van der Waals surface area contributed by atoms with Crippen molar-refractivity contribution in [3.05, 3.63) is 12.7 Å². The first kappa shape index (κ1) is 7.76. The Kier molecular flexibility index (Phi) is 2.46. The standard InChI is InChI=1S/C8H16N2/c1-3-7(2)10-5-4-8(9)6-10/h3,7-8H,1,4-6,9H2,2H3/t7?,8-/m0/s1. The molecule has 0 amide bonds. The van der Waals surface area contributed by atoms with E-state index in [-0.39, 0.29) is 0 Å². The first-order valence-electron chi connectivity index (χ1n) is 3.86. The average molecular weight is 140 g/mol. The predicted molar refractivity (Wildman–Crippen MR) is 43.8 cm³/mol. The fraction of sp³-hybridized carbons (Fsp3) is 0.750. The minimum Gasteiger partial charge on any atom is -0.326 e. The summed E-state index contributed by atoms with van der Waals surface area (Å²) in [4.78, 5) is 2.36. The Morgan fingerprint density at radius 3 is 2.90 bits per heavy atom. The summed E-state index contributed by atoms with van der Waals surface area (Å²) in [5, 5.41) is 0. The molecule has 0 aromatic rings. The molecule has 1 aliphatic rings. The van der Waals surface area contributed by atoms with E-state index >= 15 is 0 Å². The van der Waals surface area contributed by atoms with E-state index in [4.69, 9.17) is 5.73 Å². The molecule has 1 unspecified atom stereocenters. The van der Waals surface area contributed by atoms with Gasteiger partial charge in [0.2, 0.25) is 0 Å². The molecule has 1 heterocycles. The zero-order valence-corrected chi connectivity index (χ0v) is 6.59. The Balaban J connectivity index is 2.36. The summed E-state index contributed by atoms with van der Waals surface area (Å²) in [6, 6.07) is 0.885. The molecule has 2 atom stereocenters. The van der Waals surface area contributed by atoms with Crippen molar-refractivity contribution in [2.24, 2.45) is 5.73 Å². The van der Waals surface area contributed by atoms with E-state index in [1.807, 2.05) is 6.08 Å². The molecule has 1 saturated heterocycles. The molecule has 0 spiro atoms. The van der Waals surface area contributed by atoms with Crippen LogP contribution in [0.1, 0.15) is 13.3 Å². The third-order valence-corrected chi connectivity index (χ3v) is 2.17. The maximum Gasteiger partial charge on any atom is 0.0247 e. The SMILES string of the molecule is C=CC(C)N1CC[C@H](N)C1. The molecule has 58 valence electrons. The molecule has 1 rings (SSSR count). The van der Waals surface area contributed by atoms with Gasteiger partial charge in [-0.25, -0.2) is 0 Å². The van der Waals surface area contributed by atoms with Gasteiger partial charge in [-0.05, 0) is 13.3 Å². The van der Waals surface area contributed by atoms with Gasteiger partial charge in [-0.3, -0.25) is 4.90 Å². The highest BCUT2D eigenvalue weighted by molar-refractivity contribution is 4.89. The van der Waals surface area contributed by atoms with E-state index in [0.717, 1.165) is 19.5 Å². The van der Waals surface area contributed by atoms with Crippen LogP contribution < -0.4 is 5.73 Å². The first-order valence-corrected chi connectivity index (χ1v) is 3.86. The Morgan fingerprint density at radius 1 is 1.80 bits per heavy atom. The minimum absolute atomic E-state index is 0.391. The summed E-state index contributed by atoms with van der Waals surface area (Å²) in [5.41, 5.74) is 5.74. The van der Waals surface area contributed by atoms with Gasteiger partial charge in [0.05, 0.1) is 0 Å². The summed E-state index contributed by atoms with van der Waals surface area (Å²) in [6.45, 7) is 8.07. The van der Waals surface area contributed by atoms with Gasteiger partial charge in [0.25, 0.3) is 0 Å². The highest BCUT2D eigenvalue weighted by Crippen LogP contribution is 2.10. The Bertz CT molecular complexity index is 122. The quantitative estimate of drug-likeness (QED) is 0.569. The van der Waals surface area contributed by atoms with Crippen LogP contribution in [0, 0.1) is 0 Å². The normalized spacial score (nSPS) is 30.4. The molecule has 1 aliphatic heterocycles. The number of nitrogens with zero attached hydrogens (tertiary/aromatic N) is 1. The van der Waals surface area contributed by atoms with Gasteiger partial charge < -0.3 is 5.73 Å². The molecular formula is C8H16N2. The van der Waals surface area contributed by atoms with Crippen molar-refractivity contribution in [2.75, 3.05) is 13.1 Å². The molecule has 1 fully saturated rings. The molecule has 0 bridgehead atoms. The summed E-state index contributed by atoms with van der Waals surface area (Å²) < 4.78 is 0. The Hall–Kier alpha value is -0.340. The number of likely N-dealkylation sites (tertiary alicyclic amines) is 1. The summed E-state index contributed by atoms with van der Waals surface area (Å²) in [6.07, 6.45) is 3.11. The zero-order valence-electron chi connectivity index (χ0n) is 6.59. The van der Waals surface area contributed by atoms with Crippen molar-refractivity contribution < 1.29 is 0 Å². The Labute approximate surface area is 62.7 Å². The second kappa shape index (κ2) is 3.17. The molecule has 0 aliphatic carbocycles. The zero-order chi connectivity index (χ0) is 7.56. The van der Waals surface area contributed by atoms with Gasteiger partial charge in [0, 0.05) is 25.2 Å². The van der Waals surface area contributed by atoms with Gasteiger partial charge in [-0.15, -0.1) is 6.58 Å². The van der Waals surface area contributed by atoms with E-state index in [1.54, 1.807) is 0 Å². The van der Waals surface area contributed by atoms with Crippen LogP contribution in [-0.2, 0) is 0 Å². The molecule has 0 aromatic carbocycles. The lowest BCUT2D eigenvalue weighted by atomic mass is 10.3. The van der Waals surface area contributed by atoms with Crippen LogP contribution in [-0.4, -0.2) is 30.1 Å². The highest BCUT2D eigenvalue weighted by Gasteiger charge is 2.21. The van der Waals surface area contributed by atoms with Crippen LogP contribution in [0.5, 0.6) is 0 Å². The number of hydrogen-bond acceptors (Lipinski definition) is 2. The Morgan fingerprint density at radius 2 is 2.50 bits per heavy atom. The number of rotatable bonds is 2. The van der Waals surface area contributed by atoms with Crippen molar-refractivity contribution in [1.29, 1.82) is 0 Å². The van der Waals surface area contributed by atoms with Crippen LogP contribution >= 0.6 is 0 Å². The molecule has 10 heavy (non-hydrogen) atoms. The molecule has 2 nitrogen and oxygen atoms in total. The molecule has 0 aromatic heterocycles. The van der Waals surface area contributed by atoms with Crippen molar-refractivity contribution >= 4 is 0 Å². The average Bonchev–Trinajstić information content (AvgIpc) is 2.34. The largest absolute Gasteiger partial charge is 0.326 e. The molecule has 0 saturated carbocycles. The van der Waals surface area contributed by atoms with Crippen molar-refractivity contribution in [3.8, 4) is 0 Å². The second-order valence-corrected chi connectivity index (χ2v) is 3.02. The van der Waals surface area contributed by atoms with Gasteiger partial charge in [-0.1, -0.05) is 6.08 Å². The van der Waals surface area contributed by atoms with Crippen molar-refractivity contribution in [1.82, 2.24) is 4.90 Å². The fourth-order valence-electron chi connectivity index (χ4n) is 1.33. The monoisotopic (exact) mass is 140 g/mol. The van der Waals surface area contributed by atoms with Crippen LogP contribution in [0.15, 0.2) is 12.7 Å². The molecular weight excluding hydrogens is 124 g/mol. The van der Waals surface area contributed by atoms with E-state index in [0.29, 0.717) is 12.1 Å². The lowest BCUT2D eigenvalue weighted by molar-refractivity contribution is 0.296. The highest BCUT2D eigenvalue weighted by atomic mass is 15.2. The third kappa shape index (κ3) is 1.58. The van der Waals surface area contributed by atoms with Crippen molar-refractivity contribution in [3.63, 3.8) is 0 Å². The lowest BCUT2D eigenvalue weighted by Gasteiger charge is -2.19. The van der Waals surface area contributed by atoms with E-state index in [1.165, 1.54) is 0 Å². The van der Waals surface area contributed by atoms with Crippen LogP contribution in [0.3, 0.4) is 0 Å². The van der Waals surface area contributed by atoms with Gasteiger partial charge in [-0.2, -0.15) is 0 Å². The maximum atomic E-state index is 5.74. The fourth-order valence-corrected chi connectivity index (χ4v) is 1.33. The molecule has 0 radical (unpaired) electrons. The topological polar surface area (TPSA) is 29.3 Å². The molecule has 2 heteroatoms. The second-order valence-electron chi connectivity index (χ2n) is 3.02. The van der Waals surface area contributed by atoms with Crippen LogP contribution in [0.2, 0.25) is 0 Å². The smallest absolute Gasteiger partial charge is 0.0247 e. The van der Waals surface area contributed by atoms with Crippen LogP contribution in [0.25, 0.3) is 0 Å². The summed E-state index contributed by atoms with van der Waals surface area (Å²) in [7, 11) is 0. The predicted octanol–water partition coefficient (Wildman–Crippen LogP) is 0.594. The number of nitrogens with two attached hydrogens (primary N) is 1. The summed E-state index contributed by atoms with van der Waals surface area (Å²) >= 11 is 0. The van der Waals surface area contributed by atoms with Crippen LogP contribution in [0.4, 0.5) is 0 Å². The number of hydrogen-bond donors (Lipinski definition) is 1. The molecule has 2 N–H and O–H groups in total. The lowest BCUT2D eigenvalue weighted by Crippen LogP contribution is -2.32. The van der Waals surface area contributed by atoms with Gasteiger partial charge in [0.1, 0.15) is 0 Å². The van der Waals surface area contributed by atoms with Gasteiger partial charge >= 0.3 is 0 Å². The van der Waals surface area contributed by atoms with E-state index in [9.17, 15) is 0 Å². The van der Waals surface area contributed by atoms with E-state index in [2.05, 4.69) is 18.4 Å². The van der Waals surface area contributed by atoms with E-state index < -0.39 is 0 Å². The van der Waals surface area contributed by atoms with Crippen molar-refractivity contribution in [2.45, 2.75) is 25.4 Å². The maximum absolute atomic E-state index is 5.74. The minimum atomic E-state index is 0.391. The first-order chi connectivity index (χ1) is 4.74.